The van der Waals surface area contributed by atoms with Gasteiger partial charge < -0.3 is 5.11 Å². The molecule has 1 unspecified atom stereocenters. The van der Waals surface area contributed by atoms with Gasteiger partial charge in [-0.25, -0.2) is 4.39 Å². The van der Waals surface area contributed by atoms with E-state index < -0.39 is 29.8 Å². The third-order valence-corrected chi connectivity index (χ3v) is 1.42. The van der Waals surface area contributed by atoms with Gasteiger partial charge in [-0.2, -0.15) is 13.2 Å². The summed E-state index contributed by atoms with van der Waals surface area (Å²) < 4.78 is 47.7. The predicted octanol–water partition coefficient (Wildman–Crippen LogP) is 1.74. The summed E-state index contributed by atoms with van der Waals surface area (Å²) in [6.45, 7) is 2.92. The van der Waals surface area contributed by atoms with Crippen LogP contribution < -0.4 is 0 Å². The predicted molar refractivity (Wildman–Crippen MR) is 36.6 cm³/mol. The summed E-state index contributed by atoms with van der Waals surface area (Å²) in [6.07, 6.45) is -6.32. The molecule has 1 atom stereocenters. The molecule has 0 saturated carbocycles. The molecule has 6 heteroatoms. The summed E-state index contributed by atoms with van der Waals surface area (Å²) in [5.74, 6) is -2.95. The van der Waals surface area contributed by atoms with Gasteiger partial charge in [-0.3, -0.25) is 4.79 Å². The van der Waals surface area contributed by atoms with Crippen LogP contribution in [0, 0.1) is 0 Å². The van der Waals surface area contributed by atoms with Crippen molar-refractivity contribution in [1.82, 2.24) is 0 Å². The number of ketones is 1. The van der Waals surface area contributed by atoms with Crippen LogP contribution in [0.1, 0.15) is 13.3 Å². The first-order valence-electron chi connectivity index (χ1n) is 3.24. The molecule has 0 spiro atoms. The second-order valence-electron chi connectivity index (χ2n) is 2.78. The maximum atomic E-state index is 12.0. The third kappa shape index (κ3) is 3.14. The molecule has 0 heterocycles. The van der Waals surface area contributed by atoms with E-state index >= 15 is 0 Å². The van der Waals surface area contributed by atoms with Crippen molar-refractivity contribution in [3.05, 3.63) is 12.4 Å². The molecule has 13 heavy (non-hydrogen) atoms. The van der Waals surface area contributed by atoms with E-state index in [-0.39, 0.29) is 0 Å². The number of Topliss-reactive ketones (excluding diaryl/α,β-unsaturated/α-hetero) is 1. The highest BCUT2D eigenvalue weighted by molar-refractivity contribution is 5.93. The molecule has 2 nitrogen and oxygen atoms in total. The van der Waals surface area contributed by atoms with Crippen LogP contribution in [0.25, 0.3) is 0 Å². The van der Waals surface area contributed by atoms with E-state index in [0.717, 1.165) is 0 Å². The number of hydrogen-bond donors (Lipinski definition) is 1. The normalized spacial score (nSPS) is 16.5. The molecule has 0 aliphatic heterocycles. The summed E-state index contributed by atoms with van der Waals surface area (Å²) in [5.41, 5.74) is -3.21. The Labute approximate surface area is 71.9 Å². The van der Waals surface area contributed by atoms with Gasteiger partial charge in [0.05, 0.1) is 6.42 Å². The van der Waals surface area contributed by atoms with Crippen LogP contribution in [0.4, 0.5) is 17.6 Å². The molecule has 0 aromatic rings. The number of rotatable bonds is 3. The molecule has 0 aromatic heterocycles. The molecule has 0 amide bonds. The molecule has 0 aliphatic rings. The molecule has 1 N–H and O–H groups in total. The smallest absolute Gasteiger partial charge is 0.380 e. The summed E-state index contributed by atoms with van der Waals surface area (Å²) in [6, 6.07) is 0. The van der Waals surface area contributed by atoms with Crippen molar-refractivity contribution in [2.24, 2.45) is 0 Å². The van der Waals surface area contributed by atoms with E-state index in [1.165, 1.54) is 0 Å². The van der Waals surface area contributed by atoms with Crippen molar-refractivity contribution in [1.29, 1.82) is 0 Å². The maximum absolute atomic E-state index is 12.0. The molecular weight excluding hydrogens is 192 g/mol. The van der Waals surface area contributed by atoms with Crippen LogP contribution >= 0.6 is 0 Å². The second-order valence-corrected chi connectivity index (χ2v) is 2.78. The Kier molecular flexibility index (Phi) is 3.21. The van der Waals surface area contributed by atoms with Crippen LogP contribution in [0.5, 0.6) is 0 Å². The maximum Gasteiger partial charge on any atom is 0.417 e. The van der Waals surface area contributed by atoms with Gasteiger partial charge in [0.2, 0.25) is 0 Å². The standard InChI is InChI=1S/C7H8F4O2/c1-4(8)5(12)3-6(2,13)7(9,10)11/h13H,1,3H2,2H3. The quantitative estimate of drug-likeness (QED) is 0.556. The van der Waals surface area contributed by atoms with Crippen molar-refractivity contribution in [2.75, 3.05) is 0 Å². The lowest BCUT2D eigenvalue weighted by molar-refractivity contribution is -0.253. The highest BCUT2D eigenvalue weighted by atomic mass is 19.4. The van der Waals surface area contributed by atoms with Gasteiger partial charge in [-0.05, 0) is 6.92 Å². The van der Waals surface area contributed by atoms with Crippen LogP contribution in [0.2, 0.25) is 0 Å². The molecule has 76 valence electrons. The van der Waals surface area contributed by atoms with Gasteiger partial charge in [0, 0.05) is 0 Å². The van der Waals surface area contributed by atoms with Gasteiger partial charge in [0.15, 0.2) is 17.2 Å². The van der Waals surface area contributed by atoms with E-state index in [0.29, 0.717) is 6.92 Å². The lowest BCUT2D eigenvalue weighted by Gasteiger charge is -2.24. The Balaban J connectivity index is 4.53. The monoisotopic (exact) mass is 200 g/mol. The van der Waals surface area contributed by atoms with E-state index in [9.17, 15) is 22.4 Å². The molecule has 0 rings (SSSR count). The van der Waals surface area contributed by atoms with Crippen molar-refractivity contribution in [2.45, 2.75) is 25.1 Å². The zero-order valence-electron chi connectivity index (χ0n) is 6.78. The Morgan fingerprint density at radius 1 is 1.46 bits per heavy atom. The Morgan fingerprint density at radius 2 is 1.85 bits per heavy atom. The van der Waals surface area contributed by atoms with Gasteiger partial charge in [-0.15, -0.1) is 0 Å². The fraction of sp³-hybridized carbons (Fsp3) is 0.571. The first-order valence-corrected chi connectivity index (χ1v) is 3.24. The Morgan fingerprint density at radius 3 is 2.08 bits per heavy atom. The zero-order valence-corrected chi connectivity index (χ0v) is 6.78. The van der Waals surface area contributed by atoms with Gasteiger partial charge in [-0.1, -0.05) is 6.58 Å². The largest absolute Gasteiger partial charge is 0.417 e. The van der Waals surface area contributed by atoms with Gasteiger partial charge >= 0.3 is 6.18 Å². The topological polar surface area (TPSA) is 37.3 Å². The summed E-state index contributed by atoms with van der Waals surface area (Å²) in [4.78, 5) is 10.5. The summed E-state index contributed by atoms with van der Waals surface area (Å²) in [7, 11) is 0. The molecule has 0 aliphatic carbocycles. The highest BCUT2D eigenvalue weighted by Gasteiger charge is 2.51. The number of hydrogen-bond acceptors (Lipinski definition) is 2. The SMILES string of the molecule is C=C(F)C(=O)CC(C)(O)C(F)(F)F. The van der Waals surface area contributed by atoms with Crippen LogP contribution in [0.3, 0.4) is 0 Å². The minimum absolute atomic E-state index is 0.397. The van der Waals surface area contributed by atoms with Gasteiger partial charge in [0.1, 0.15) is 0 Å². The fourth-order valence-electron chi connectivity index (χ4n) is 0.509. The number of carbonyl (C=O) groups excluding carboxylic acids is 1. The molecule has 0 radical (unpaired) electrons. The fourth-order valence-corrected chi connectivity index (χ4v) is 0.509. The first kappa shape index (κ1) is 12.1. The van der Waals surface area contributed by atoms with Crippen molar-refractivity contribution < 1.29 is 27.5 Å². The lowest BCUT2D eigenvalue weighted by Crippen LogP contribution is -2.43. The number of alkyl halides is 3. The van der Waals surface area contributed by atoms with Crippen molar-refractivity contribution >= 4 is 5.78 Å². The molecule has 0 aromatic carbocycles. The van der Waals surface area contributed by atoms with Crippen molar-refractivity contribution in [3.8, 4) is 0 Å². The molecular formula is C7H8F4O2. The summed E-state index contributed by atoms with van der Waals surface area (Å²) in [5, 5.41) is 8.72. The number of allylic oxidation sites excluding steroid dienone is 1. The minimum atomic E-state index is -4.96. The molecule has 0 fully saturated rings. The first-order chi connectivity index (χ1) is 5.58. The number of aliphatic hydroxyl groups is 1. The minimum Gasteiger partial charge on any atom is -0.380 e. The molecule has 0 bridgehead atoms. The zero-order chi connectivity index (χ0) is 10.9. The lowest BCUT2D eigenvalue weighted by atomic mass is 9.98. The summed E-state index contributed by atoms with van der Waals surface area (Å²) >= 11 is 0. The van der Waals surface area contributed by atoms with Crippen molar-refractivity contribution in [3.63, 3.8) is 0 Å². The van der Waals surface area contributed by atoms with E-state index in [1.807, 2.05) is 0 Å². The Bertz CT molecular complexity index is 229. The van der Waals surface area contributed by atoms with Crippen LogP contribution in [-0.4, -0.2) is 22.7 Å². The number of halogens is 4. The average Bonchev–Trinajstić information content (AvgIpc) is 1.83. The van der Waals surface area contributed by atoms with Crippen LogP contribution in [-0.2, 0) is 4.79 Å². The molecule has 0 saturated heterocycles. The Hall–Kier alpha value is -0.910. The average molecular weight is 200 g/mol. The van der Waals surface area contributed by atoms with E-state index in [1.54, 1.807) is 0 Å². The van der Waals surface area contributed by atoms with E-state index in [4.69, 9.17) is 5.11 Å². The van der Waals surface area contributed by atoms with Gasteiger partial charge in [0.25, 0.3) is 0 Å². The third-order valence-electron chi connectivity index (χ3n) is 1.42. The van der Waals surface area contributed by atoms with Crippen LogP contribution in [0.15, 0.2) is 12.4 Å². The number of carbonyl (C=O) groups is 1. The second kappa shape index (κ2) is 3.45. The van der Waals surface area contributed by atoms with E-state index in [2.05, 4.69) is 6.58 Å². The highest BCUT2D eigenvalue weighted by Crippen LogP contribution is 2.33.